The first-order valence-corrected chi connectivity index (χ1v) is 10.1. The summed E-state index contributed by atoms with van der Waals surface area (Å²) in [6.07, 6.45) is 0. The average molecular weight is 244 g/mol. The molecule has 0 aliphatic carbocycles. The minimum atomic E-state index is -3.35. The monoisotopic (exact) mass is 244 g/mol. The fourth-order valence-electron chi connectivity index (χ4n) is 0.801. The third-order valence-corrected chi connectivity index (χ3v) is 5.56. The van der Waals surface area contributed by atoms with Gasteiger partial charge in [-0.3, -0.25) is 0 Å². The van der Waals surface area contributed by atoms with E-state index in [0.29, 0.717) is 13.2 Å². The van der Waals surface area contributed by atoms with Crippen LogP contribution in [0.3, 0.4) is 0 Å². The van der Waals surface area contributed by atoms with Crippen molar-refractivity contribution in [1.82, 2.24) is 0 Å². The van der Waals surface area contributed by atoms with Gasteiger partial charge in [0.2, 0.25) is 0 Å². The molecule has 0 aromatic rings. The van der Waals surface area contributed by atoms with Crippen LogP contribution in [0.4, 0.5) is 0 Å². The van der Waals surface area contributed by atoms with Crippen LogP contribution >= 0.6 is 14.7 Å². The second-order valence-corrected chi connectivity index (χ2v) is 13.7. The Balaban J connectivity index is 4.62. The average Bonchev–Trinajstić information content (AvgIpc) is 1.80. The summed E-state index contributed by atoms with van der Waals surface area (Å²) in [6, 6.07) is 0. The maximum absolute atomic E-state index is 12.0. The van der Waals surface area contributed by atoms with Gasteiger partial charge in [-0.05, 0) is 0 Å². The summed E-state index contributed by atoms with van der Waals surface area (Å²) in [7, 11) is -3.35. The predicted octanol–water partition coefficient (Wildman–Crippen LogP) is 3.17. The minimum absolute atomic E-state index is 0.323. The molecule has 0 fully saturated rings. The standard InChI is InChI=1S/C8H22O4P2/c1-7-10-13(9,11-8-2)12-14(3,4,5)6/h7-8H2,1-6H3. The SMILES string of the molecule is CCOP(=O)(OCC)OP(C)(C)(C)C. The van der Waals surface area contributed by atoms with Crippen molar-refractivity contribution in [3.8, 4) is 0 Å². The summed E-state index contributed by atoms with van der Waals surface area (Å²) in [4.78, 5) is 0. The van der Waals surface area contributed by atoms with Gasteiger partial charge in [0, 0.05) is 0 Å². The van der Waals surface area contributed by atoms with Gasteiger partial charge in [0.25, 0.3) is 0 Å². The summed E-state index contributed by atoms with van der Waals surface area (Å²) >= 11 is 0. The van der Waals surface area contributed by atoms with E-state index < -0.39 is 14.7 Å². The molecule has 88 valence electrons. The Kier molecular flexibility index (Phi) is 4.77. The van der Waals surface area contributed by atoms with Crippen LogP contribution in [0, 0.1) is 0 Å². The summed E-state index contributed by atoms with van der Waals surface area (Å²) in [5.41, 5.74) is 0. The van der Waals surface area contributed by atoms with E-state index in [4.69, 9.17) is 13.4 Å². The van der Waals surface area contributed by atoms with E-state index in [1.165, 1.54) is 0 Å². The molecule has 0 aromatic heterocycles. The van der Waals surface area contributed by atoms with Gasteiger partial charge >= 0.3 is 86.3 Å². The molecule has 0 saturated carbocycles. The van der Waals surface area contributed by atoms with Crippen molar-refractivity contribution >= 4 is 14.7 Å². The molecule has 0 aliphatic heterocycles. The maximum atomic E-state index is 12.0. The fourth-order valence-corrected chi connectivity index (χ4v) is 5.08. The Morgan fingerprint density at radius 1 is 1.00 bits per heavy atom. The Morgan fingerprint density at radius 3 is 1.57 bits per heavy atom. The second kappa shape index (κ2) is 4.59. The van der Waals surface area contributed by atoms with E-state index in [2.05, 4.69) is 0 Å². The molecule has 0 N–H and O–H groups in total. The van der Waals surface area contributed by atoms with E-state index in [1.807, 2.05) is 26.7 Å². The van der Waals surface area contributed by atoms with Crippen LogP contribution < -0.4 is 0 Å². The topological polar surface area (TPSA) is 44.8 Å². The van der Waals surface area contributed by atoms with Gasteiger partial charge in [0.15, 0.2) is 0 Å². The molecule has 0 spiro atoms. The van der Waals surface area contributed by atoms with Crippen LogP contribution in [0.15, 0.2) is 0 Å². The molecule has 0 bridgehead atoms. The van der Waals surface area contributed by atoms with E-state index in [0.717, 1.165) is 0 Å². The molecule has 0 rings (SSSR count). The summed E-state index contributed by atoms with van der Waals surface area (Å²) in [5.74, 6) is 0. The molecule has 4 nitrogen and oxygen atoms in total. The summed E-state index contributed by atoms with van der Waals surface area (Å²) in [5, 5.41) is 0. The molecule has 0 aromatic carbocycles. The number of phosphoric acid groups is 1. The number of hydrogen-bond donors (Lipinski definition) is 0. The van der Waals surface area contributed by atoms with Crippen LogP contribution in [0.25, 0.3) is 0 Å². The van der Waals surface area contributed by atoms with Crippen molar-refractivity contribution in [2.45, 2.75) is 13.8 Å². The predicted molar refractivity (Wildman–Crippen MR) is 62.6 cm³/mol. The zero-order valence-electron chi connectivity index (χ0n) is 9.94. The molecule has 0 radical (unpaired) electrons. The van der Waals surface area contributed by atoms with E-state index >= 15 is 0 Å². The van der Waals surface area contributed by atoms with Gasteiger partial charge in [-0.2, -0.15) is 0 Å². The van der Waals surface area contributed by atoms with Gasteiger partial charge in [-0.1, -0.05) is 0 Å². The van der Waals surface area contributed by atoms with Crippen LogP contribution in [0.1, 0.15) is 13.8 Å². The first-order chi connectivity index (χ1) is 6.08. The zero-order valence-corrected chi connectivity index (χ0v) is 11.7. The molecule has 14 heavy (non-hydrogen) atoms. The van der Waals surface area contributed by atoms with E-state index in [9.17, 15) is 4.57 Å². The van der Waals surface area contributed by atoms with Gasteiger partial charge in [0.05, 0.1) is 0 Å². The molecule has 0 aliphatic rings. The molecular formula is C8H22O4P2. The fraction of sp³-hybridized carbons (Fsp3) is 1.00. The number of phosphoric ester groups is 1. The quantitative estimate of drug-likeness (QED) is 0.673. The van der Waals surface area contributed by atoms with Crippen LogP contribution in [0.5, 0.6) is 0 Å². The van der Waals surface area contributed by atoms with Gasteiger partial charge < -0.3 is 0 Å². The van der Waals surface area contributed by atoms with Crippen LogP contribution in [-0.4, -0.2) is 39.9 Å². The van der Waals surface area contributed by atoms with Crippen molar-refractivity contribution < 1.29 is 17.9 Å². The first kappa shape index (κ1) is 14.5. The van der Waals surface area contributed by atoms with Crippen LogP contribution in [0.2, 0.25) is 0 Å². The molecular weight excluding hydrogens is 222 g/mol. The number of rotatable bonds is 6. The van der Waals surface area contributed by atoms with Crippen molar-refractivity contribution in [3.05, 3.63) is 0 Å². The Hall–Kier alpha value is 0.540. The zero-order chi connectivity index (χ0) is 11.5. The Morgan fingerprint density at radius 2 is 1.36 bits per heavy atom. The van der Waals surface area contributed by atoms with Gasteiger partial charge in [0.1, 0.15) is 0 Å². The third kappa shape index (κ3) is 6.92. The molecule has 0 unspecified atom stereocenters. The second-order valence-electron chi connectivity index (χ2n) is 4.78. The van der Waals surface area contributed by atoms with E-state index in [1.54, 1.807) is 13.8 Å². The van der Waals surface area contributed by atoms with E-state index in [-0.39, 0.29) is 0 Å². The van der Waals surface area contributed by atoms with Crippen molar-refractivity contribution in [2.75, 3.05) is 39.9 Å². The molecule has 0 amide bonds. The summed E-state index contributed by atoms with van der Waals surface area (Å²) < 4.78 is 27.6. The van der Waals surface area contributed by atoms with Gasteiger partial charge in [-0.15, -0.1) is 0 Å². The molecule has 6 heteroatoms. The van der Waals surface area contributed by atoms with Crippen molar-refractivity contribution in [1.29, 1.82) is 0 Å². The molecule has 0 saturated heterocycles. The molecule has 0 heterocycles. The first-order valence-electron chi connectivity index (χ1n) is 4.69. The van der Waals surface area contributed by atoms with Gasteiger partial charge in [-0.25, -0.2) is 0 Å². The summed E-state index contributed by atoms with van der Waals surface area (Å²) in [6.45, 7) is 9.65. The van der Waals surface area contributed by atoms with Crippen molar-refractivity contribution in [2.24, 2.45) is 0 Å². The Bertz CT molecular complexity index is 212. The number of hydrogen-bond acceptors (Lipinski definition) is 4. The normalized spacial score (nSPS) is 16.3. The Labute approximate surface area is 86.9 Å². The van der Waals surface area contributed by atoms with Crippen LogP contribution in [-0.2, 0) is 17.9 Å². The molecule has 0 atom stereocenters. The third-order valence-electron chi connectivity index (χ3n) is 1.00. The van der Waals surface area contributed by atoms with Crippen molar-refractivity contribution in [3.63, 3.8) is 0 Å².